The van der Waals surface area contributed by atoms with E-state index < -0.39 is 0 Å². The van der Waals surface area contributed by atoms with Crippen LogP contribution in [0.2, 0.25) is 0 Å². The van der Waals surface area contributed by atoms with E-state index in [1.807, 2.05) is 42.6 Å². The smallest absolute Gasteiger partial charge is 0.402 e. The highest BCUT2D eigenvalue weighted by atomic mass is 35.5. The molecule has 0 spiro atoms. The molecule has 116 valence electrons. The van der Waals surface area contributed by atoms with Crippen LogP contribution in [0, 0.1) is 0 Å². The van der Waals surface area contributed by atoms with Crippen LogP contribution in [0.4, 0.5) is 0 Å². The zero-order valence-electron chi connectivity index (χ0n) is 11.8. The fourth-order valence-corrected chi connectivity index (χ4v) is 3.88. The molecule has 0 aliphatic heterocycles. The van der Waals surface area contributed by atoms with Gasteiger partial charge in [-0.1, -0.05) is 44.8 Å². The van der Waals surface area contributed by atoms with Crippen LogP contribution in [0.1, 0.15) is 5.69 Å². The number of aromatic amines is 1. The molecule has 0 bridgehead atoms. The molecule has 7 heteroatoms. The Balaban J connectivity index is 0.00000176. The molecule has 0 saturated carbocycles. The third-order valence-electron chi connectivity index (χ3n) is 3.01. The van der Waals surface area contributed by atoms with Crippen molar-refractivity contribution < 1.29 is 22.1 Å². The van der Waals surface area contributed by atoms with E-state index in [1.54, 1.807) is 21.6 Å². The Bertz CT molecular complexity index is 702. The maximum Gasteiger partial charge on any atom is 0.402 e. The maximum atomic E-state index is 8.82. The fourth-order valence-electron chi connectivity index (χ4n) is 2.05. The molecule has 0 aliphatic carbocycles. The minimum Gasteiger partial charge on any atom is -1.00 e. The first-order chi connectivity index (χ1) is 10.4. The molecule has 2 heterocycles. The highest BCUT2D eigenvalue weighted by Crippen LogP contribution is 2.24. The third-order valence-corrected chi connectivity index (χ3v) is 5.30. The van der Waals surface area contributed by atoms with Crippen molar-refractivity contribution in [1.82, 2.24) is 9.97 Å². The quantitative estimate of drug-likeness (QED) is 0.363. The number of hydrogen-bond donors (Lipinski definition) is 2. The van der Waals surface area contributed by atoms with Gasteiger partial charge in [0.25, 0.3) is 0 Å². The summed E-state index contributed by atoms with van der Waals surface area (Å²) in [6, 6.07) is 14.2. The van der Waals surface area contributed by atoms with Gasteiger partial charge in [0.2, 0.25) is 0 Å². The maximum absolute atomic E-state index is 8.82. The lowest BCUT2D eigenvalue weighted by Gasteiger charge is -2.04. The van der Waals surface area contributed by atoms with Gasteiger partial charge in [-0.05, 0) is 24.3 Å². The molecule has 3 aromatic rings. The van der Waals surface area contributed by atoms with E-state index in [0.717, 1.165) is 28.5 Å². The van der Waals surface area contributed by atoms with Crippen LogP contribution in [0.3, 0.4) is 0 Å². The number of halogens is 1. The van der Waals surface area contributed by atoms with Crippen molar-refractivity contribution in [3.63, 3.8) is 0 Å². The van der Waals surface area contributed by atoms with E-state index in [9.17, 15) is 0 Å². The number of aromatic nitrogens is 3. The first-order valence-corrected chi connectivity index (χ1v) is 9.17. The van der Waals surface area contributed by atoms with Gasteiger partial charge in [-0.2, -0.15) is 0 Å². The van der Waals surface area contributed by atoms with Crippen molar-refractivity contribution in [1.29, 1.82) is 0 Å². The predicted octanol–water partition coefficient (Wildman–Crippen LogP) is -0.283. The van der Waals surface area contributed by atoms with Gasteiger partial charge in [0.15, 0.2) is 5.52 Å². The number of pyridine rings is 1. The number of H-pyrrole nitrogens is 1. The number of hydrogen-bond acceptors (Lipinski definition) is 4. The molecule has 0 radical (unpaired) electrons. The molecule has 0 saturated heterocycles. The summed E-state index contributed by atoms with van der Waals surface area (Å²) in [5.74, 6) is 2.45. The summed E-state index contributed by atoms with van der Waals surface area (Å²) < 4.78 is 2.08. The molecule has 2 N–H and O–H groups in total. The normalized spacial score (nSPS) is 10.6. The highest BCUT2D eigenvalue weighted by molar-refractivity contribution is 8.76. The SMILES string of the molecule is OCCSSCc1cccc[n+]1-c1nc2ccccc2[nH]1.[Cl-]. The predicted molar refractivity (Wildman–Crippen MR) is 88.5 cm³/mol. The zero-order chi connectivity index (χ0) is 14.5. The monoisotopic (exact) mass is 353 g/mol. The summed E-state index contributed by atoms with van der Waals surface area (Å²) in [7, 11) is 3.42. The lowest BCUT2D eigenvalue weighted by molar-refractivity contribution is -0.610. The Morgan fingerprint density at radius 3 is 2.73 bits per heavy atom. The number of aliphatic hydroxyl groups is 1. The molecule has 0 fully saturated rings. The average Bonchev–Trinajstić information content (AvgIpc) is 2.96. The summed E-state index contributed by atoms with van der Waals surface area (Å²) >= 11 is 0. The molecule has 0 atom stereocenters. The van der Waals surface area contributed by atoms with Crippen LogP contribution in [-0.4, -0.2) is 27.4 Å². The second kappa shape index (κ2) is 8.43. The molecule has 1 aromatic carbocycles. The minimum atomic E-state index is 0. The number of benzene rings is 1. The Kier molecular flexibility index (Phi) is 6.57. The van der Waals surface area contributed by atoms with Crippen LogP contribution < -0.4 is 17.0 Å². The molecular weight excluding hydrogens is 338 g/mol. The number of aliphatic hydroxyl groups excluding tert-OH is 1. The summed E-state index contributed by atoms with van der Waals surface area (Å²) in [5, 5.41) is 8.82. The van der Waals surface area contributed by atoms with Gasteiger partial charge in [-0.25, -0.2) is 9.55 Å². The molecular formula is C15H16ClN3OS2. The zero-order valence-corrected chi connectivity index (χ0v) is 14.2. The molecule has 0 unspecified atom stereocenters. The first-order valence-electron chi connectivity index (χ1n) is 6.68. The standard InChI is InChI=1S/C15H16N3OS2.ClH/c19-9-10-20-21-11-12-5-3-4-8-18(12)15-16-13-6-1-2-7-14(13)17-15;/h1-8,19H,9-11H2,(H,16,17);1H/q+1;/p-1. The molecule has 3 rings (SSSR count). The summed E-state index contributed by atoms with van der Waals surface area (Å²) in [6.07, 6.45) is 2.02. The van der Waals surface area contributed by atoms with Crippen LogP contribution in [0.25, 0.3) is 17.0 Å². The Morgan fingerprint density at radius 1 is 1.09 bits per heavy atom. The van der Waals surface area contributed by atoms with Crippen molar-refractivity contribution in [2.75, 3.05) is 12.4 Å². The molecule has 0 amide bonds. The summed E-state index contributed by atoms with van der Waals surface area (Å²) in [6.45, 7) is 0.218. The van der Waals surface area contributed by atoms with Crippen molar-refractivity contribution >= 4 is 32.6 Å². The lowest BCUT2D eigenvalue weighted by atomic mass is 10.3. The van der Waals surface area contributed by atoms with E-state index in [4.69, 9.17) is 5.11 Å². The van der Waals surface area contributed by atoms with E-state index >= 15 is 0 Å². The minimum absolute atomic E-state index is 0. The van der Waals surface area contributed by atoms with Crippen LogP contribution in [0.15, 0.2) is 48.7 Å². The van der Waals surface area contributed by atoms with Gasteiger partial charge >= 0.3 is 5.95 Å². The molecule has 22 heavy (non-hydrogen) atoms. The number of rotatable bonds is 6. The van der Waals surface area contributed by atoms with Gasteiger partial charge in [0.1, 0.15) is 5.52 Å². The van der Waals surface area contributed by atoms with Gasteiger partial charge in [-0.3, -0.25) is 0 Å². The van der Waals surface area contributed by atoms with E-state index in [1.165, 1.54) is 5.69 Å². The first kappa shape index (κ1) is 17.1. The molecule has 4 nitrogen and oxygen atoms in total. The topological polar surface area (TPSA) is 52.8 Å². The Labute approximate surface area is 143 Å². The molecule has 2 aromatic heterocycles. The average molecular weight is 354 g/mol. The largest absolute Gasteiger partial charge is 1.00 e. The third kappa shape index (κ3) is 3.95. The van der Waals surface area contributed by atoms with Gasteiger partial charge in [-0.15, -0.1) is 0 Å². The summed E-state index contributed by atoms with van der Waals surface area (Å²) in [4.78, 5) is 7.99. The Hall–Kier alpha value is -1.21. The Morgan fingerprint density at radius 2 is 1.91 bits per heavy atom. The van der Waals surface area contributed by atoms with Crippen molar-refractivity contribution in [3.05, 3.63) is 54.4 Å². The van der Waals surface area contributed by atoms with Crippen molar-refractivity contribution in [2.45, 2.75) is 5.75 Å². The van der Waals surface area contributed by atoms with E-state index in [-0.39, 0.29) is 19.0 Å². The van der Waals surface area contributed by atoms with Crippen LogP contribution >= 0.6 is 21.6 Å². The fraction of sp³-hybridized carbons (Fsp3) is 0.200. The molecule has 0 aliphatic rings. The van der Waals surface area contributed by atoms with Crippen molar-refractivity contribution in [2.24, 2.45) is 0 Å². The van der Waals surface area contributed by atoms with E-state index in [2.05, 4.69) is 20.6 Å². The highest BCUT2D eigenvalue weighted by Gasteiger charge is 2.16. The van der Waals surface area contributed by atoms with Gasteiger partial charge < -0.3 is 17.5 Å². The van der Waals surface area contributed by atoms with E-state index in [0.29, 0.717) is 0 Å². The van der Waals surface area contributed by atoms with Crippen LogP contribution in [0.5, 0.6) is 0 Å². The summed E-state index contributed by atoms with van der Waals surface area (Å²) in [5.41, 5.74) is 3.18. The number of imidazole rings is 1. The van der Waals surface area contributed by atoms with Crippen LogP contribution in [-0.2, 0) is 5.75 Å². The number of para-hydroxylation sites is 2. The second-order valence-corrected chi connectivity index (χ2v) is 7.03. The second-order valence-electron chi connectivity index (χ2n) is 4.45. The lowest BCUT2D eigenvalue weighted by Crippen LogP contribution is -3.00. The number of nitrogens with one attached hydrogen (secondary N) is 1. The number of fused-ring (bicyclic) bond motifs is 1. The number of nitrogens with zero attached hydrogens (tertiary/aromatic N) is 2. The van der Waals surface area contributed by atoms with Gasteiger partial charge in [0, 0.05) is 5.75 Å². The van der Waals surface area contributed by atoms with Crippen molar-refractivity contribution in [3.8, 4) is 5.95 Å². The van der Waals surface area contributed by atoms with Gasteiger partial charge in [0.05, 0.1) is 24.3 Å².